The SMILES string of the molecule is FC(F)(F)c1cc(Oc2ccccc2)ccc1P(Cl)Cl. The van der Waals surface area contributed by atoms with Crippen LogP contribution in [0.2, 0.25) is 0 Å². The summed E-state index contributed by atoms with van der Waals surface area (Å²) in [5, 5.41) is -0.128. The minimum atomic E-state index is -4.53. The van der Waals surface area contributed by atoms with E-state index in [4.69, 9.17) is 27.2 Å². The zero-order valence-corrected chi connectivity index (χ0v) is 12.3. The number of hydrogen-bond donors (Lipinski definition) is 0. The van der Waals surface area contributed by atoms with Crippen molar-refractivity contribution in [3.63, 3.8) is 0 Å². The summed E-state index contributed by atoms with van der Waals surface area (Å²) in [5.41, 5.74) is -0.873. The van der Waals surface area contributed by atoms with E-state index in [1.165, 1.54) is 12.1 Å². The molecule has 2 aromatic rings. The second kappa shape index (κ2) is 6.21. The monoisotopic (exact) mass is 338 g/mol. The molecule has 1 nitrogen and oxygen atoms in total. The van der Waals surface area contributed by atoms with E-state index in [-0.39, 0.29) is 11.1 Å². The van der Waals surface area contributed by atoms with E-state index in [0.29, 0.717) is 5.75 Å². The van der Waals surface area contributed by atoms with Gasteiger partial charge in [-0.25, -0.2) is 0 Å². The predicted molar refractivity (Wildman–Crippen MR) is 76.2 cm³/mol. The maximum atomic E-state index is 13.0. The number of ether oxygens (including phenoxy) is 1. The molecule has 0 atom stereocenters. The third-order valence-corrected chi connectivity index (χ3v) is 4.28. The summed E-state index contributed by atoms with van der Waals surface area (Å²) in [6.07, 6.45) is -4.53. The molecule has 0 heterocycles. The van der Waals surface area contributed by atoms with E-state index in [9.17, 15) is 13.2 Å². The number of hydrogen-bond acceptors (Lipinski definition) is 1. The molecule has 20 heavy (non-hydrogen) atoms. The molecule has 0 aliphatic heterocycles. The molecule has 0 aliphatic rings. The maximum absolute atomic E-state index is 13.0. The van der Waals surface area contributed by atoms with Crippen molar-refractivity contribution in [1.29, 1.82) is 0 Å². The predicted octanol–water partition coefficient (Wildman–Crippen LogP) is 5.91. The van der Waals surface area contributed by atoms with Crippen LogP contribution < -0.4 is 10.0 Å². The lowest BCUT2D eigenvalue weighted by Crippen LogP contribution is -2.16. The molecule has 0 saturated carbocycles. The van der Waals surface area contributed by atoms with Crippen molar-refractivity contribution in [2.45, 2.75) is 6.18 Å². The summed E-state index contributed by atoms with van der Waals surface area (Å²) >= 11 is 11.2. The molecule has 0 spiro atoms. The maximum Gasteiger partial charge on any atom is 0.417 e. The summed E-state index contributed by atoms with van der Waals surface area (Å²) in [6, 6.07) is 12.1. The van der Waals surface area contributed by atoms with Crippen molar-refractivity contribution in [2.75, 3.05) is 0 Å². The van der Waals surface area contributed by atoms with Gasteiger partial charge in [0.2, 0.25) is 0 Å². The van der Waals surface area contributed by atoms with E-state index in [1.807, 2.05) is 0 Å². The van der Waals surface area contributed by atoms with Gasteiger partial charge in [0.05, 0.1) is 5.56 Å². The first-order chi connectivity index (χ1) is 9.38. The summed E-state index contributed by atoms with van der Waals surface area (Å²) < 4.78 is 44.3. The molecule has 0 bridgehead atoms. The Morgan fingerprint density at radius 2 is 1.55 bits per heavy atom. The lowest BCUT2D eigenvalue weighted by Gasteiger charge is -2.15. The number of benzene rings is 2. The Morgan fingerprint density at radius 1 is 0.900 bits per heavy atom. The standard InChI is InChI=1S/C13H8Cl2F3OP/c14-20(15)12-7-6-10(8-11(12)13(16,17)18)19-9-4-2-1-3-5-9/h1-8H. The Bertz CT molecular complexity index is 588. The lowest BCUT2D eigenvalue weighted by molar-refractivity contribution is -0.136. The molecular formula is C13H8Cl2F3OP. The molecule has 7 heteroatoms. The van der Waals surface area contributed by atoms with Crippen LogP contribution in [0.3, 0.4) is 0 Å². The van der Waals surface area contributed by atoms with Crippen LogP contribution >= 0.6 is 29.1 Å². The Balaban J connectivity index is 2.37. The highest BCUT2D eigenvalue weighted by molar-refractivity contribution is 8.08. The first-order valence-corrected chi connectivity index (χ1v) is 8.59. The molecule has 0 fully saturated rings. The van der Waals surface area contributed by atoms with Crippen LogP contribution in [0.25, 0.3) is 0 Å². The van der Waals surface area contributed by atoms with Crippen molar-refractivity contribution in [3.8, 4) is 11.5 Å². The van der Waals surface area contributed by atoms with Crippen LogP contribution in [0.4, 0.5) is 13.2 Å². The molecule has 0 aromatic heterocycles. The van der Waals surface area contributed by atoms with E-state index < -0.39 is 18.4 Å². The minimum absolute atomic E-state index is 0.0810. The second-order valence-corrected chi connectivity index (χ2v) is 7.32. The van der Waals surface area contributed by atoms with E-state index in [0.717, 1.165) is 6.07 Å². The van der Waals surface area contributed by atoms with Crippen molar-refractivity contribution in [2.24, 2.45) is 0 Å². The zero-order valence-electron chi connectivity index (χ0n) is 9.86. The first-order valence-electron chi connectivity index (χ1n) is 5.44. The van der Waals surface area contributed by atoms with Crippen molar-refractivity contribution >= 4 is 34.4 Å². The van der Waals surface area contributed by atoms with E-state index >= 15 is 0 Å². The Morgan fingerprint density at radius 3 is 2.10 bits per heavy atom. The first kappa shape index (κ1) is 15.4. The van der Waals surface area contributed by atoms with Gasteiger partial charge in [-0.1, -0.05) is 40.7 Å². The fourth-order valence-corrected chi connectivity index (χ4v) is 3.02. The van der Waals surface area contributed by atoms with Gasteiger partial charge in [-0.2, -0.15) is 13.2 Å². The molecule has 0 unspecified atom stereocenters. The van der Waals surface area contributed by atoms with Crippen LogP contribution in [0.5, 0.6) is 11.5 Å². The van der Waals surface area contributed by atoms with Gasteiger partial charge in [-0.3, -0.25) is 0 Å². The van der Waals surface area contributed by atoms with Gasteiger partial charge >= 0.3 is 6.18 Å². The molecule has 0 saturated heterocycles. The van der Waals surface area contributed by atoms with Gasteiger partial charge in [-0.05, 0) is 30.3 Å². The number of para-hydroxylation sites is 1. The number of alkyl halides is 3. The molecular weight excluding hydrogens is 331 g/mol. The van der Waals surface area contributed by atoms with Crippen molar-refractivity contribution < 1.29 is 17.9 Å². The third kappa shape index (κ3) is 3.78. The average Bonchev–Trinajstić information content (AvgIpc) is 2.38. The van der Waals surface area contributed by atoms with E-state index in [1.54, 1.807) is 30.3 Å². The Labute approximate surface area is 124 Å². The fourth-order valence-electron chi connectivity index (χ4n) is 1.58. The van der Waals surface area contributed by atoms with Crippen LogP contribution in [-0.2, 0) is 6.18 Å². The van der Waals surface area contributed by atoms with Crippen molar-refractivity contribution in [1.82, 2.24) is 0 Å². The average molecular weight is 339 g/mol. The second-order valence-electron chi connectivity index (χ2n) is 3.82. The van der Waals surface area contributed by atoms with Gasteiger partial charge in [0.1, 0.15) is 18.1 Å². The van der Waals surface area contributed by atoms with Crippen LogP contribution in [0.15, 0.2) is 48.5 Å². The molecule has 0 N–H and O–H groups in total. The van der Waals surface area contributed by atoms with Crippen LogP contribution in [-0.4, -0.2) is 0 Å². The third-order valence-electron chi connectivity index (χ3n) is 2.43. The summed E-state index contributed by atoms with van der Waals surface area (Å²) in [7, 11) is 0. The normalized spacial score (nSPS) is 11.7. The number of halogens is 5. The van der Waals surface area contributed by atoms with Gasteiger partial charge in [0, 0.05) is 5.30 Å². The van der Waals surface area contributed by atoms with Crippen LogP contribution in [0, 0.1) is 0 Å². The molecule has 0 radical (unpaired) electrons. The van der Waals surface area contributed by atoms with Gasteiger partial charge in [0.15, 0.2) is 0 Å². The summed E-state index contributed by atoms with van der Waals surface area (Å²) in [6.45, 7) is -1.88. The highest BCUT2D eigenvalue weighted by Gasteiger charge is 2.35. The Hall–Kier alpha value is -0.960. The lowest BCUT2D eigenvalue weighted by atomic mass is 10.2. The minimum Gasteiger partial charge on any atom is -0.457 e. The van der Waals surface area contributed by atoms with E-state index in [2.05, 4.69) is 0 Å². The highest BCUT2D eigenvalue weighted by Crippen LogP contribution is 2.49. The fraction of sp³-hybridized carbons (Fsp3) is 0.0769. The molecule has 0 amide bonds. The smallest absolute Gasteiger partial charge is 0.417 e. The van der Waals surface area contributed by atoms with Gasteiger partial charge in [-0.15, -0.1) is 0 Å². The summed E-state index contributed by atoms with van der Waals surface area (Å²) in [4.78, 5) is 0. The van der Waals surface area contributed by atoms with Gasteiger partial charge in [0.25, 0.3) is 0 Å². The largest absolute Gasteiger partial charge is 0.457 e. The van der Waals surface area contributed by atoms with Crippen LogP contribution in [0.1, 0.15) is 5.56 Å². The van der Waals surface area contributed by atoms with Crippen molar-refractivity contribution in [3.05, 3.63) is 54.1 Å². The molecule has 106 valence electrons. The molecule has 0 aliphatic carbocycles. The van der Waals surface area contributed by atoms with Gasteiger partial charge < -0.3 is 4.74 Å². The summed E-state index contributed by atoms with van der Waals surface area (Å²) in [5.74, 6) is 0.532. The molecule has 2 aromatic carbocycles. The molecule has 2 rings (SSSR count). The quantitative estimate of drug-likeness (QED) is 0.632. The highest BCUT2D eigenvalue weighted by atomic mass is 35.9. The Kier molecular flexibility index (Phi) is 4.79. The topological polar surface area (TPSA) is 9.23 Å². The number of rotatable bonds is 3. The zero-order chi connectivity index (χ0) is 14.8.